The van der Waals surface area contributed by atoms with Gasteiger partial charge in [-0.15, -0.1) is 0 Å². The molecule has 0 fully saturated rings. The summed E-state index contributed by atoms with van der Waals surface area (Å²) < 4.78 is 10.6. The van der Waals surface area contributed by atoms with Crippen LogP contribution in [0.4, 0.5) is 0 Å². The number of nitrogens with zero attached hydrogens (tertiary/aromatic N) is 3. The van der Waals surface area contributed by atoms with Gasteiger partial charge in [-0.2, -0.15) is 4.98 Å². The largest absolute Gasteiger partial charge is 0.485 e. The molecule has 0 saturated carbocycles. The van der Waals surface area contributed by atoms with Crippen molar-refractivity contribution >= 4 is 5.91 Å². The van der Waals surface area contributed by atoms with Crippen LogP contribution >= 0.6 is 0 Å². The Labute approximate surface area is 148 Å². The van der Waals surface area contributed by atoms with Gasteiger partial charge < -0.3 is 19.9 Å². The molecule has 0 aliphatic heterocycles. The van der Waals surface area contributed by atoms with E-state index in [1.54, 1.807) is 36.2 Å². The van der Waals surface area contributed by atoms with Gasteiger partial charge in [-0.25, -0.2) is 0 Å². The second kappa shape index (κ2) is 8.11. The Kier molecular flexibility index (Phi) is 6.14. The van der Waals surface area contributed by atoms with Gasteiger partial charge in [0.2, 0.25) is 11.7 Å². The summed E-state index contributed by atoms with van der Waals surface area (Å²) in [6, 6.07) is 7.01. The first kappa shape index (κ1) is 18.9. The van der Waals surface area contributed by atoms with E-state index in [0.29, 0.717) is 42.5 Å². The highest BCUT2D eigenvalue weighted by atomic mass is 16.5. The molecule has 0 radical (unpaired) electrons. The predicted molar refractivity (Wildman–Crippen MR) is 94.2 cm³/mol. The van der Waals surface area contributed by atoms with Gasteiger partial charge in [-0.3, -0.25) is 4.79 Å². The van der Waals surface area contributed by atoms with Crippen molar-refractivity contribution < 1.29 is 14.1 Å². The molecule has 2 rings (SSSR count). The maximum atomic E-state index is 12.5. The van der Waals surface area contributed by atoms with Crippen LogP contribution in [0.25, 0.3) is 0 Å². The Balaban J connectivity index is 1.93. The molecular formula is C18H26N4O3. The van der Waals surface area contributed by atoms with E-state index in [9.17, 15) is 4.79 Å². The number of amides is 1. The molecule has 2 aromatic rings. The second-order valence-corrected chi connectivity index (χ2v) is 6.80. The summed E-state index contributed by atoms with van der Waals surface area (Å²) in [5.74, 6) is 1.69. The Morgan fingerprint density at radius 1 is 1.32 bits per heavy atom. The first-order valence-corrected chi connectivity index (χ1v) is 8.34. The highest BCUT2D eigenvalue weighted by Gasteiger charge is 2.21. The van der Waals surface area contributed by atoms with Crippen LogP contribution in [0, 0.1) is 5.41 Å². The third kappa shape index (κ3) is 5.29. The fraction of sp³-hybridized carbons (Fsp3) is 0.500. The van der Waals surface area contributed by atoms with E-state index in [0.717, 1.165) is 0 Å². The lowest BCUT2D eigenvalue weighted by molar-refractivity contribution is 0.0740. The molecule has 136 valence electrons. The van der Waals surface area contributed by atoms with E-state index in [4.69, 9.17) is 15.0 Å². The molecule has 1 amide bonds. The molecule has 0 spiro atoms. The molecule has 0 bridgehead atoms. The minimum atomic E-state index is -0.116. The lowest BCUT2D eigenvalue weighted by Gasteiger charge is -2.29. The van der Waals surface area contributed by atoms with E-state index in [1.165, 1.54) is 0 Å². The summed E-state index contributed by atoms with van der Waals surface area (Å²) in [6.45, 7) is 7.36. The number of hydrogen-bond acceptors (Lipinski definition) is 6. The van der Waals surface area contributed by atoms with Gasteiger partial charge >= 0.3 is 0 Å². The zero-order valence-corrected chi connectivity index (χ0v) is 15.3. The van der Waals surface area contributed by atoms with E-state index in [-0.39, 0.29) is 17.9 Å². The summed E-state index contributed by atoms with van der Waals surface area (Å²) in [5, 5.41) is 3.83. The van der Waals surface area contributed by atoms with Crippen molar-refractivity contribution in [3.63, 3.8) is 0 Å². The van der Waals surface area contributed by atoms with E-state index in [2.05, 4.69) is 10.1 Å². The van der Waals surface area contributed by atoms with Gasteiger partial charge in [-0.1, -0.05) is 25.9 Å². The van der Waals surface area contributed by atoms with Gasteiger partial charge in [-0.05, 0) is 36.2 Å². The Hall–Kier alpha value is -2.41. The molecule has 2 N–H and O–H groups in total. The van der Waals surface area contributed by atoms with Crippen molar-refractivity contribution in [2.24, 2.45) is 11.1 Å². The molecule has 0 saturated heterocycles. The normalized spacial score (nSPS) is 11.4. The number of rotatable bonds is 8. The van der Waals surface area contributed by atoms with Crippen LogP contribution in [0.2, 0.25) is 0 Å². The van der Waals surface area contributed by atoms with Crippen molar-refractivity contribution in [3.05, 3.63) is 41.5 Å². The summed E-state index contributed by atoms with van der Waals surface area (Å²) in [7, 11) is 1.78. The number of carbonyl (C=O) groups is 1. The number of carbonyl (C=O) groups excluding carboxylic acids is 1. The zero-order chi connectivity index (χ0) is 18.4. The quantitative estimate of drug-likeness (QED) is 0.788. The van der Waals surface area contributed by atoms with Gasteiger partial charge in [0.05, 0.1) is 0 Å². The number of hydrogen-bond donors (Lipinski definition) is 1. The minimum Gasteiger partial charge on any atom is -0.485 e. The third-order valence-electron chi connectivity index (χ3n) is 3.85. The average Bonchev–Trinajstić information content (AvgIpc) is 3.07. The average molecular weight is 346 g/mol. The number of aryl methyl sites for hydroxylation is 1. The van der Waals surface area contributed by atoms with Gasteiger partial charge in [0, 0.05) is 25.6 Å². The smallest absolute Gasteiger partial charge is 0.253 e. The fourth-order valence-electron chi connectivity index (χ4n) is 2.33. The molecule has 1 heterocycles. The molecule has 7 nitrogen and oxygen atoms in total. The minimum absolute atomic E-state index is 0.0427. The third-order valence-corrected chi connectivity index (χ3v) is 3.85. The SMILES string of the molecule is CCc1nc(COc2ccc(C(=O)N(C)CC(C)(C)CN)cc2)no1. The van der Waals surface area contributed by atoms with Crippen LogP contribution < -0.4 is 10.5 Å². The van der Waals surface area contributed by atoms with Crippen molar-refractivity contribution in [2.45, 2.75) is 33.8 Å². The second-order valence-electron chi connectivity index (χ2n) is 6.80. The summed E-state index contributed by atoms with van der Waals surface area (Å²) >= 11 is 0. The lowest BCUT2D eigenvalue weighted by atomic mass is 9.93. The van der Waals surface area contributed by atoms with E-state index < -0.39 is 0 Å². The topological polar surface area (TPSA) is 94.5 Å². The lowest BCUT2D eigenvalue weighted by Crippen LogP contribution is -2.39. The van der Waals surface area contributed by atoms with Crippen LogP contribution in [-0.4, -0.2) is 41.1 Å². The first-order valence-electron chi connectivity index (χ1n) is 8.34. The Morgan fingerprint density at radius 2 is 2.00 bits per heavy atom. The molecule has 0 unspecified atom stereocenters. The monoisotopic (exact) mass is 346 g/mol. The van der Waals surface area contributed by atoms with Crippen molar-refractivity contribution in [1.29, 1.82) is 0 Å². The molecule has 25 heavy (non-hydrogen) atoms. The van der Waals surface area contributed by atoms with Gasteiger partial charge in [0.1, 0.15) is 5.75 Å². The number of nitrogens with two attached hydrogens (primary N) is 1. The Morgan fingerprint density at radius 3 is 2.56 bits per heavy atom. The maximum Gasteiger partial charge on any atom is 0.253 e. The molecule has 0 aliphatic carbocycles. The molecule has 1 aromatic heterocycles. The highest BCUT2D eigenvalue weighted by Crippen LogP contribution is 2.18. The van der Waals surface area contributed by atoms with E-state index >= 15 is 0 Å². The highest BCUT2D eigenvalue weighted by molar-refractivity contribution is 5.94. The van der Waals surface area contributed by atoms with Crippen LogP contribution in [0.3, 0.4) is 0 Å². The van der Waals surface area contributed by atoms with Crippen LogP contribution in [0.1, 0.15) is 42.8 Å². The summed E-state index contributed by atoms with van der Waals surface area (Å²) in [4.78, 5) is 18.3. The van der Waals surface area contributed by atoms with Crippen molar-refractivity contribution in [3.8, 4) is 5.75 Å². The standard InChI is InChI=1S/C18H26N4O3/c1-5-16-20-15(21-25-16)10-24-14-8-6-13(7-9-14)17(23)22(4)12-18(2,3)11-19/h6-9H,5,10-12,19H2,1-4H3. The maximum absolute atomic E-state index is 12.5. The zero-order valence-electron chi connectivity index (χ0n) is 15.3. The van der Waals surface area contributed by atoms with Gasteiger partial charge in [0.15, 0.2) is 6.61 Å². The number of ether oxygens (including phenoxy) is 1. The van der Waals surface area contributed by atoms with Gasteiger partial charge in [0.25, 0.3) is 5.91 Å². The van der Waals surface area contributed by atoms with Crippen molar-refractivity contribution in [2.75, 3.05) is 20.1 Å². The molecular weight excluding hydrogens is 320 g/mol. The fourth-order valence-corrected chi connectivity index (χ4v) is 2.33. The van der Waals surface area contributed by atoms with Crippen LogP contribution in [0.15, 0.2) is 28.8 Å². The van der Waals surface area contributed by atoms with E-state index in [1.807, 2.05) is 20.8 Å². The molecule has 0 atom stereocenters. The van der Waals surface area contributed by atoms with Crippen LogP contribution in [-0.2, 0) is 13.0 Å². The Bertz CT molecular complexity index is 695. The molecule has 0 aliphatic rings. The predicted octanol–water partition coefficient (Wildman–Crippen LogP) is 2.27. The number of aromatic nitrogens is 2. The van der Waals surface area contributed by atoms with Crippen molar-refractivity contribution in [1.82, 2.24) is 15.0 Å². The summed E-state index contributed by atoms with van der Waals surface area (Å²) in [6.07, 6.45) is 0.693. The summed E-state index contributed by atoms with van der Waals surface area (Å²) in [5.41, 5.74) is 6.22. The van der Waals surface area contributed by atoms with Crippen LogP contribution in [0.5, 0.6) is 5.75 Å². The first-order chi connectivity index (χ1) is 11.8. The molecule has 1 aromatic carbocycles. The number of benzene rings is 1. The molecule has 7 heteroatoms.